The molecule has 0 aromatic heterocycles. The lowest BCUT2D eigenvalue weighted by Gasteiger charge is -2.35. The Labute approximate surface area is 126 Å². The monoisotopic (exact) mass is 288 g/mol. The first-order chi connectivity index (χ1) is 10.1. The average molecular weight is 288 g/mol. The van der Waals surface area contributed by atoms with E-state index in [1.54, 1.807) is 0 Å². The van der Waals surface area contributed by atoms with Gasteiger partial charge in [-0.25, -0.2) is 0 Å². The van der Waals surface area contributed by atoms with E-state index < -0.39 is 0 Å². The zero-order valence-corrected chi connectivity index (χ0v) is 12.7. The first-order valence-electron chi connectivity index (χ1n) is 7.68. The predicted molar refractivity (Wildman–Crippen MR) is 83.9 cm³/mol. The molecule has 1 amide bonds. The first-order valence-corrected chi connectivity index (χ1v) is 7.68. The third-order valence-corrected chi connectivity index (χ3v) is 4.60. The molecular formula is C16H24N4O. The zero-order valence-electron chi connectivity index (χ0n) is 12.7. The number of hydrogen-bond acceptors (Lipinski definition) is 4. The van der Waals surface area contributed by atoms with Gasteiger partial charge in [0.25, 0.3) is 0 Å². The van der Waals surface area contributed by atoms with E-state index in [0.29, 0.717) is 6.54 Å². The Bertz CT molecular complexity index is 523. The molecule has 1 saturated heterocycles. The Morgan fingerprint density at radius 1 is 1.19 bits per heavy atom. The van der Waals surface area contributed by atoms with Gasteiger partial charge in [0.05, 0.1) is 6.54 Å². The molecule has 1 aromatic rings. The summed E-state index contributed by atoms with van der Waals surface area (Å²) in [6, 6.07) is 6.11. The third kappa shape index (κ3) is 3.19. The number of rotatable bonds is 2. The van der Waals surface area contributed by atoms with Gasteiger partial charge in [-0.1, -0.05) is 12.1 Å². The van der Waals surface area contributed by atoms with Crippen molar-refractivity contribution in [3.05, 3.63) is 29.3 Å². The molecule has 0 atom stereocenters. The minimum atomic E-state index is 0.251. The van der Waals surface area contributed by atoms with E-state index in [1.807, 2.05) is 17.0 Å². The Balaban J connectivity index is 1.59. The van der Waals surface area contributed by atoms with Gasteiger partial charge >= 0.3 is 0 Å². The lowest BCUT2D eigenvalue weighted by Crippen LogP contribution is -2.50. The van der Waals surface area contributed by atoms with Gasteiger partial charge < -0.3 is 15.5 Å². The molecule has 0 saturated carbocycles. The van der Waals surface area contributed by atoms with Crippen LogP contribution in [-0.2, 0) is 17.8 Å². The summed E-state index contributed by atoms with van der Waals surface area (Å²) in [7, 11) is 2.10. The smallest absolute Gasteiger partial charge is 0.236 e. The highest BCUT2D eigenvalue weighted by atomic mass is 16.2. The van der Waals surface area contributed by atoms with Crippen LogP contribution in [0.2, 0.25) is 0 Å². The number of nitrogen functional groups attached to an aromatic ring is 1. The summed E-state index contributed by atoms with van der Waals surface area (Å²) in [5.74, 6) is 0.251. The Morgan fingerprint density at radius 2 is 1.95 bits per heavy atom. The van der Waals surface area contributed by atoms with Gasteiger partial charge in [0.1, 0.15) is 0 Å². The van der Waals surface area contributed by atoms with Crippen LogP contribution in [-0.4, -0.2) is 66.9 Å². The van der Waals surface area contributed by atoms with E-state index >= 15 is 0 Å². The zero-order chi connectivity index (χ0) is 14.8. The number of anilines is 1. The Kier molecular flexibility index (Phi) is 4.12. The minimum Gasteiger partial charge on any atom is -0.398 e. The number of hydrogen-bond donors (Lipinski definition) is 1. The van der Waals surface area contributed by atoms with E-state index in [9.17, 15) is 4.79 Å². The maximum atomic E-state index is 12.4. The standard InChI is InChI=1S/C16H24N4O/c1-18-7-9-20(10-8-18)16(21)12-19-6-5-13-3-2-4-15(17)14(13)11-19/h2-4H,5-12,17H2,1H3. The van der Waals surface area contributed by atoms with E-state index in [0.717, 1.165) is 51.4 Å². The molecule has 2 N–H and O–H groups in total. The van der Waals surface area contributed by atoms with Gasteiger partial charge in [0, 0.05) is 45.0 Å². The van der Waals surface area contributed by atoms with Crippen molar-refractivity contribution >= 4 is 11.6 Å². The topological polar surface area (TPSA) is 52.8 Å². The van der Waals surface area contributed by atoms with E-state index in [2.05, 4.69) is 22.9 Å². The molecule has 0 spiro atoms. The van der Waals surface area contributed by atoms with Crippen molar-refractivity contribution in [3.8, 4) is 0 Å². The summed E-state index contributed by atoms with van der Waals surface area (Å²) >= 11 is 0. The molecule has 0 aliphatic carbocycles. The third-order valence-electron chi connectivity index (χ3n) is 4.60. The number of fused-ring (bicyclic) bond motifs is 1. The lowest BCUT2D eigenvalue weighted by molar-refractivity contribution is -0.134. The molecule has 2 aliphatic rings. The molecule has 2 heterocycles. The second kappa shape index (κ2) is 6.03. The summed E-state index contributed by atoms with van der Waals surface area (Å²) in [5.41, 5.74) is 9.45. The number of likely N-dealkylation sites (N-methyl/N-ethyl adjacent to an activating group) is 1. The molecule has 2 aliphatic heterocycles. The molecule has 21 heavy (non-hydrogen) atoms. The summed E-state index contributed by atoms with van der Waals surface area (Å²) in [6.45, 7) is 5.89. The van der Waals surface area contributed by atoms with Crippen molar-refractivity contribution < 1.29 is 4.79 Å². The van der Waals surface area contributed by atoms with Gasteiger partial charge in [-0.2, -0.15) is 0 Å². The fourth-order valence-corrected chi connectivity index (χ4v) is 3.14. The molecule has 0 bridgehead atoms. The fraction of sp³-hybridized carbons (Fsp3) is 0.562. The van der Waals surface area contributed by atoms with Crippen LogP contribution in [0.25, 0.3) is 0 Å². The van der Waals surface area contributed by atoms with Crippen LogP contribution in [0.5, 0.6) is 0 Å². The van der Waals surface area contributed by atoms with Crippen molar-refractivity contribution in [3.63, 3.8) is 0 Å². The Hall–Kier alpha value is -1.59. The second-order valence-corrected chi connectivity index (χ2v) is 6.13. The summed E-state index contributed by atoms with van der Waals surface area (Å²) in [4.78, 5) is 18.9. The number of nitrogens with two attached hydrogens (primary N) is 1. The number of amides is 1. The van der Waals surface area contributed by atoms with Crippen molar-refractivity contribution in [2.75, 3.05) is 52.0 Å². The second-order valence-electron chi connectivity index (χ2n) is 6.13. The van der Waals surface area contributed by atoms with E-state index in [4.69, 9.17) is 5.73 Å². The largest absolute Gasteiger partial charge is 0.398 e. The van der Waals surface area contributed by atoms with Crippen LogP contribution in [0, 0.1) is 0 Å². The molecule has 0 unspecified atom stereocenters. The van der Waals surface area contributed by atoms with Crippen LogP contribution < -0.4 is 5.73 Å². The molecule has 114 valence electrons. The van der Waals surface area contributed by atoms with Crippen molar-refractivity contribution in [2.45, 2.75) is 13.0 Å². The van der Waals surface area contributed by atoms with Crippen molar-refractivity contribution in [1.82, 2.24) is 14.7 Å². The number of benzene rings is 1. The summed E-state index contributed by atoms with van der Waals surface area (Å²) < 4.78 is 0. The molecule has 5 nitrogen and oxygen atoms in total. The molecule has 5 heteroatoms. The minimum absolute atomic E-state index is 0.251. The van der Waals surface area contributed by atoms with Crippen molar-refractivity contribution in [2.24, 2.45) is 0 Å². The van der Waals surface area contributed by atoms with Crippen LogP contribution in [0.15, 0.2) is 18.2 Å². The van der Waals surface area contributed by atoms with Crippen LogP contribution in [0.4, 0.5) is 5.69 Å². The van der Waals surface area contributed by atoms with Gasteiger partial charge in [-0.05, 0) is 30.7 Å². The molecular weight excluding hydrogens is 264 g/mol. The summed E-state index contributed by atoms with van der Waals surface area (Å²) in [6.07, 6.45) is 0.983. The number of carbonyl (C=O) groups is 1. The molecule has 1 aromatic carbocycles. The molecule has 3 rings (SSSR count). The van der Waals surface area contributed by atoms with Gasteiger partial charge in [0.15, 0.2) is 0 Å². The Morgan fingerprint density at radius 3 is 2.71 bits per heavy atom. The van der Waals surface area contributed by atoms with Gasteiger partial charge in [-0.3, -0.25) is 9.69 Å². The van der Waals surface area contributed by atoms with E-state index in [-0.39, 0.29) is 5.91 Å². The number of nitrogens with zero attached hydrogens (tertiary/aromatic N) is 3. The maximum Gasteiger partial charge on any atom is 0.236 e. The molecule has 0 radical (unpaired) electrons. The fourth-order valence-electron chi connectivity index (χ4n) is 3.14. The highest BCUT2D eigenvalue weighted by Crippen LogP contribution is 2.24. The van der Waals surface area contributed by atoms with Crippen LogP contribution in [0.1, 0.15) is 11.1 Å². The highest BCUT2D eigenvalue weighted by molar-refractivity contribution is 5.78. The maximum absolute atomic E-state index is 12.4. The SMILES string of the molecule is CN1CCN(C(=O)CN2CCc3cccc(N)c3C2)CC1. The van der Waals surface area contributed by atoms with Crippen LogP contribution in [0.3, 0.4) is 0 Å². The first kappa shape index (κ1) is 14.4. The predicted octanol–water partition coefficient (Wildman–Crippen LogP) is 0.401. The number of piperazine rings is 1. The summed E-state index contributed by atoms with van der Waals surface area (Å²) in [5, 5.41) is 0. The quantitative estimate of drug-likeness (QED) is 0.801. The van der Waals surface area contributed by atoms with Gasteiger partial charge in [-0.15, -0.1) is 0 Å². The number of carbonyl (C=O) groups excluding carboxylic acids is 1. The van der Waals surface area contributed by atoms with Crippen molar-refractivity contribution in [1.29, 1.82) is 0 Å². The highest BCUT2D eigenvalue weighted by Gasteiger charge is 2.24. The normalized spacial score (nSPS) is 20.3. The van der Waals surface area contributed by atoms with Gasteiger partial charge in [0.2, 0.25) is 5.91 Å². The van der Waals surface area contributed by atoms with E-state index in [1.165, 1.54) is 11.1 Å². The molecule has 1 fully saturated rings. The lowest BCUT2D eigenvalue weighted by atomic mass is 9.98. The van der Waals surface area contributed by atoms with Crippen LogP contribution >= 0.6 is 0 Å². The average Bonchev–Trinajstić information content (AvgIpc) is 2.49.